The number of carbonyl (C=O) groups is 2. The van der Waals surface area contributed by atoms with Crippen molar-refractivity contribution in [2.75, 3.05) is 5.32 Å². The molecule has 0 aliphatic rings. The summed E-state index contributed by atoms with van der Waals surface area (Å²) >= 11 is 0. The second-order valence-electron chi connectivity index (χ2n) is 5.47. The number of carbonyl (C=O) groups excluding carboxylic acids is 2. The van der Waals surface area contributed by atoms with Crippen molar-refractivity contribution < 1.29 is 18.9 Å². The van der Waals surface area contributed by atoms with Crippen LogP contribution in [0.5, 0.6) is 0 Å². The smallest absolute Gasteiger partial charge is 0.313 e. The minimum absolute atomic E-state index is 0.107. The highest BCUT2D eigenvalue weighted by Gasteiger charge is 2.18. The Bertz CT molecular complexity index is 838. The molecule has 0 spiro atoms. The van der Waals surface area contributed by atoms with Gasteiger partial charge in [-0.25, -0.2) is 4.39 Å². The third-order valence-electron chi connectivity index (χ3n) is 3.55. The Morgan fingerprint density at radius 2 is 1.88 bits per heavy atom. The van der Waals surface area contributed by atoms with Gasteiger partial charge in [0.1, 0.15) is 5.82 Å². The van der Waals surface area contributed by atoms with Crippen LogP contribution in [0.1, 0.15) is 24.1 Å². The number of benzene rings is 2. The van der Waals surface area contributed by atoms with Gasteiger partial charge >= 0.3 is 11.8 Å². The van der Waals surface area contributed by atoms with Crippen LogP contribution in [0.3, 0.4) is 0 Å². The second kappa shape index (κ2) is 7.52. The molecule has 25 heavy (non-hydrogen) atoms. The summed E-state index contributed by atoms with van der Waals surface area (Å²) < 4.78 is 13.2. The summed E-state index contributed by atoms with van der Waals surface area (Å²) in [5, 5.41) is 15.6. The molecule has 1 unspecified atom stereocenters. The molecule has 0 aliphatic carbocycles. The maximum Gasteiger partial charge on any atom is 0.313 e. The number of non-ortho nitro benzene ring substituents is 1. The van der Waals surface area contributed by atoms with Crippen LogP contribution in [-0.2, 0) is 9.59 Å². The highest BCUT2D eigenvalue weighted by atomic mass is 19.1. The quantitative estimate of drug-likeness (QED) is 0.505. The first-order valence-corrected chi connectivity index (χ1v) is 7.40. The van der Waals surface area contributed by atoms with Crippen molar-refractivity contribution in [2.24, 2.45) is 0 Å². The fourth-order valence-corrected chi connectivity index (χ4v) is 2.16. The highest BCUT2D eigenvalue weighted by Crippen LogP contribution is 2.19. The van der Waals surface area contributed by atoms with Gasteiger partial charge in [-0.15, -0.1) is 0 Å². The number of nitrogens with one attached hydrogen (secondary N) is 2. The third-order valence-corrected chi connectivity index (χ3v) is 3.55. The van der Waals surface area contributed by atoms with Crippen LogP contribution >= 0.6 is 0 Å². The van der Waals surface area contributed by atoms with Gasteiger partial charge in [0.25, 0.3) is 5.69 Å². The van der Waals surface area contributed by atoms with Crippen molar-refractivity contribution in [3.63, 3.8) is 0 Å². The Kier molecular flexibility index (Phi) is 5.43. The Labute approximate surface area is 143 Å². The van der Waals surface area contributed by atoms with E-state index in [-0.39, 0.29) is 5.69 Å². The number of aryl methyl sites for hydroxylation is 1. The Morgan fingerprint density at radius 1 is 1.16 bits per heavy atom. The van der Waals surface area contributed by atoms with Gasteiger partial charge in [-0.05, 0) is 43.2 Å². The van der Waals surface area contributed by atoms with Crippen LogP contribution in [0.25, 0.3) is 0 Å². The number of hydrogen-bond acceptors (Lipinski definition) is 4. The number of rotatable bonds is 4. The van der Waals surface area contributed by atoms with Crippen LogP contribution in [0.2, 0.25) is 0 Å². The molecule has 2 aromatic rings. The molecule has 0 radical (unpaired) electrons. The molecule has 2 amide bonds. The number of hydrogen-bond donors (Lipinski definition) is 2. The lowest BCUT2D eigenvalue weighted by atomic mass is 10.1. The zero-order chi connectivity index (χ0) is 18.6. The first-order valence-electron chi connectivity index (χ1n) is 7.40. The van der Waals surface area contributed by atoms with E-state index in [0.717, 1.165) is 0 Å². The minimum Gasteiger partial charge on any atom is -0.341 e. The number of anilines is 1. The Balaban J connectivity index is 2.02. The average Bonchev–Trinajstić information content (AvgIpc) is 2.58. The van der Waals surface area contributed by atoms with Gasteiger partial charge in [-0.1, -0.05) is 12.1 Å². The molecular formula is C17H16FN3O4. The average molecular weight is 345 g/mol. The molecule has 0 heterocycles. The van der Waals surface area contributed by atoms with E-state index in [1.807, 2.05) is 0 Å². The molecule has 0 fully saturated rings. The molecule has 1 atom stereocenters. The van der Waals surface area contributed by atoms with Gasteiger partial charge in [-0.3, -0.25) is 19.7 Å². The fraction of sp³-hybridized carbons (Fsp3) is 0.176. The van der Waals surface area contributed by atoms with Gasteiger partial charge in [0.2, 0.25) is 0 Å². The van der Waals surface area contributed by atoms with E-state index in [9.17, 15) is 24.1 Å². The molecule has 2 N–H and O–H groups in total. The summed E-state index contributed by atoms with van der Waals surface area (Å²) in [6.07, 6.45) is 0. The topological polar surface area (TPSA) is 101 Å². The largest absolute Gasteiger partial charge is 0.341 e. The fourth-order valence-electron chi connectivity index (χ4n) is 2.16. The maximum absolute atomic E-state index is 13.2. The summed E-state index contributed by atoms with van der Waals surface area (Å²) in [6.45, 7) is 3.14. The molecule has 0 saturated carbocycles. The first-order chi connectivity index (χ1) is 11.8. The van der Waals surface area contributed by atoms with Crippen molar-refractivity contribution in [3.8, 4) is 0 Å². The molecule has 130 valence electrons. The summed E-state index contributed by atoms with van der Waals surface area (Å²) in [4.78, 5) is 34.1. The number of nitro benzene ring substituents is 1. The summed E-state index contributed by atoms with van der Waals surface area (Å²) in [5.41, 5.74) is 1.02. The third kappa shape index (κ3) is 4.60. The minimum atomic E-state index is -0.914. The molecule has 2 rings (SSSR count). The van der Waals surface area contributed by atoms with E-state index in [2.05, 4.69) is 10.6 Å². The predicted octanol–water partition coefficient (Wildman–Crippen LogP) is 2.86. The van der Waals surface area contributed by atoms with Crippen molar-refractivity contribution in [3.05, 3.63) is 69.5 Å². The van der Waals surface area contributed by atoms with E-state index >= 15 is 0 Å². The van der Waals surface area contributed by atoms with Crippen molar-refractivity contribution in [2.45, 2.75) is 19.9 Å². The molecular weight excluding hydrogens is 329 g/mol. The SMILES string of the molecule is Cc1cc(NC(=O)C(=O)NC(C)c2cccc([N+](=O)[O-])c2)ccc1F. The van der Waals surface area contributed by atoms with E-state index in [0.29, 0.717) is 16.8 Å². The standard InChI is InChI=1S/C17H16FN3O4/c1-10-8-13(6-7-15(10)18)20-17(23)16(22)19-11(2)12-4-3-5-14(9-12)21(24)25/h3-9,11H,1-2H3,(H,19,22)(H,20,23). The predicted molar refractivity (Wildman–Crippen MR) is 89.4 cm³/mol. The maximum atomic E-state index is 13.2. The van der Waals surface area contributed by atoms with Crippen LogP contribution in [0.15, 0.2) is 42.5 Å². The van der Waals surface area contributed by atoms with Gasteiger partial charge in [0.05, 0.1) is 11.0 Å². The van der Waals surface area contributed by atoms with Gasteiger partial charge < -0.3 is 10.6 Å². The van der Waals surface area contributed by atoms with E-state index in [4.69, 9.17) is 0 Å². The van der Waals surface area contributed by atoms with Crippen LogP contribution in [-0.4, -0.2) is 16.7 Å². The first kappa shape index (κ1) is 18.1. The lowest BCUT2D eigenvalue weighted by Gasteiger charge is -2.14. The number of amides is 2. The Hall–Kier alpha value is -3.29. The van der Waals surface area contributed by atoms with E-state index < -0.39 is 28.6 Å². The summed E-state index contributed by atoms with van der Waals surface area (Å²) in [6, 6.07) is 9.11. The van der Waals surface area contributed by atoms with Crippen LogP contribution < -0.4 is 10.6 Å². The van der Waals surface area contributed by atoms with Gasteiger partial charge in [0, 0.05) is 17.8 Å². The summed E-state index contributed by atoms with van der Waals surface area (Å²) in [5.74, 6) is -2.23. The second-order valence-corrected chi connectivity index (χ2v) is 5.47. The lowest BCUT2D eigenvalue weighted by Crippen LogP contribution is -2.36. The number of nitrogens with zero attached hydrogens (tertiary/aromatic N) is 1. The zero-order valence-corrected chi connectivity index (χ0v) is 13.6. The summed E-state index contributed by atoms with van der Waals surface area (Å²) in [7, 11) is 0. The van der Waals surface area contributed by atoms with E-state index in [1.54, 1.807) is 13.0 Å². The monoisotopic (exact) mass is 345 g/mol. The van der Waals surface area contributed by atoms with Gasteiger partial charge in [-0.2, -0.15) is 0 Å². The molecule has 0 aliphatic heterocycles. The Morgan fingerprint density at radius 3 is 2.52 bits per heavy atom. The molecule has 2 aromatic carbocycles. The lowest BCUT2D eigenvalue weighted by molar-refractivity contribution is -0.384. The van der Waals surface area contributed by atoms with Crippen LogP contribution in [0, 0.1) is 22.9 Å². The van der Waals surface area contributed by atoms with E-state index in [1.165, 1.54) is 43.3 Å². The van der Waals surface area contributed by atoms with Crippen molar-refractivity contribution >= 4 is 23.2 Å². The van der Waals surface area contributed by atoms with Crippen LogP contribution in [0.4, 0.5) is 15.8 Å². The van der Waals surface area contributed by atoms with Crippen molar-refractivity contribution in [1.82, 2.24) is 5.32 Å². The number of halogens is 1. The molecule has 0 saturated heterocycles. The molecule has 0 bridgehead atoms. The van der Waals surface area contributed by atoms with Gasteiger partial charge in [0.15, 0.2) is 0 Å². The highest BCUT2D eigenvalue weighted by molar-refractivity contribution is 6.39. The normalized spacial score (nSPS) is 11.5. The van der Waals surface area contributed by atoms with Crippen molar-refractivity contribution in [1.29, 1.82) is 0 Å². The molecule has 0 aromatic heterocycles. The number of nitro groups is 1. The zero-order valence-electron chi connectivity index (χ0n) is 13.6. The molecule has 7 nitrogen and oxygen atoms in total. The molecule has 8 heteroatoms.